The van der Waals surface area contributed by atoms with Crippen molar-refractivity contribution in [2.75, 3.05) is 20.1 Å². The van der Waals surface area contributed by atoms with Gasteiger partial charge < -0.3 is 4.90 Å². The van der Waals surface area contributed by atoms with Crippen molar-refractivity contribution in [1.82, 2.24) is 4.90 Å². The molecule has 0 fully saturated rings. The van der Waals surface area contributed by atoms with Crippen LogP contribution in [-0.4, -0.2) is 25.0 Å². The van der Waals surface area contributed by atoms with Crippen LogP contribution in [0.1, 0.15) is 45.4 Å². The SMILES string of the molecule is C=CCCCN(C)CCCCCC. The third-order valence-electron chi connectivity index (χ3n) is 2.34. The molecular formula is C12H25N. The first kappa shape index (κ1) is 12.7. The van der Waals surface area contributed by atoms with Crippen molar-refractivity contribution in [3.8, 4) is 0 Å². The van der Waals surface area contributed by atoms with Crippen LogP contribution in [0.15, 0.2) is 12.7 Å². The molecule has 0 radical (unpaired) electrons. The van der Waals surface area contributed by atoms with Gasteiger partial charge in [-0.25, -0.2) is 0 Å². The van der Waals surface area contributed by atoms with Crippen molar-refractivity contribution >= 4 is 0 Å². The van der Waals surface area contributed by atoms with E-state index in [0.29, 0.717) is 0 Å². The van der Waals surface area contributed by atoms with Crippen LogP contribution in [-0.2, 0) is 0 Å². The second-order valence-electron chi connectivity index (χ2n) is 3.79. The summed E-state index contributed by atoms with van der Waals surface area (Å²) in [6.45, 7) is 8.46. The third kappa shape index (κ3) is 9.62. The van der Waals surface area contributed by atoms with Crippen molar-refractivity contribution in [1.29, 1.82) is 0 Å². The molecule has 1 heteroatoms. The molecule has 0 spiro atoms. The van der Waals surface area contributed by atoms with E-state index in [1.807, 2.05) is 6.08 Å². The second kappa shape index (κ2) is 9.79. The van der Waals surface area contributed by atoms with Crippen LogP contribution in [0.5, 0.6) is 0 Å². The fourth-order valence-electron chi connectivity index (χ4n) is 1.43. The average Bonchev–Trinajstić information content (AvgIpc) is 2.13. The lowest BCUT2D eigenvalue weighted by Crippen LogP contribution is -2.20. The first-order chi connectivity index (χ1) is 6.31. The summed E-state index contributed by atoms with van der Waals surface area (Å²) in [6.07, 6.45) is 9.89. The zero-order chi connectivity index (χ0) is 9.94. The highest BCUT2D eigenvalue weighted by molar-refractivity contribution is 4.66. The fourth-order valence-corrected chi connectivity index (χ4v) is 1.43. The molecule has 0 aromatic rings. The van der Waals surface area contributed by atoms with Crippen LogP contribution >= 0.6 is 0 Å². The van der Waals surface area contributed by atoms with E-state index in [0.717, 1.165) is 6.42 Å². The van der Waals surface area contributed by atoms with E-state index in [2.05, 4.69) is 25.5 Å². The highest BCUT2D eigenvalue weighted by Gasteiger charge is 1.96. The molecule has 0 rings (SSSR count). The van der Waals surface area contributed by atoms with Crippen molar-refractivity contribution in [3.63, 3.8) is 0 Å². The number of hydrogen-bond donors (Lipinski definition) is 0. The highest BCUT2D eigenvalue weighted by Crippen LogP contribution is 2.01. The monoisotopic (exact) mass is 183 g/mol. The van der Waals surface area contributed by atoms with Crippen LogP contribution in [0, 0.1) is 0 Å². The molecule has 78 valence electrons. The molecule has 0 amide bonds. The summed E-state index contributed by atoms with van der Waals surface area (Å²) in [4.78, 5) is 2.43. The van der Waals surface area contributed by atoms with Gasteiger partial charge in [0.2, 0.25) is 0 Å². The van der Waals surface area contributed by atoms with E-state index in [9.17, 15) is 0 Å². The minimum Gasteiger partial charge on any atom is -0.306 e. The van der Waals surface area contributed by atoms with Gasteiger partial charge >= 0.3 is 0 Å². The molecule has 0 aliphatic carbocycles. The predicted octanol–water partition coefficient (Wildman–Crippen LogP) is 3.46. The van der Waals surface area contributed by atoms with Gasteiger partial charge in [0.1, 0.15) is 0 Å². The number of nitrogens with zero attached hydrogens (tertiary/aromatic N) is 1. The Labute approximate surface area is 83.8 Å². The summed E-state index contributed by atoms with van der Waals surface area (Å²) in [5.41, 5.74) is 0. The summed E-state index contributed by atoms with van der Waals surface area (Å²) in [7, 11) is 2.22. The number of hydrogen-bond acceptors (Lipinski definition) is 1. The van der Waals surface area contributed by atoms with E-state index in [1.165, 1.54) is 45.2 Å². The maximum Gasteiger partial charge on any atom is -0.00188 e. The van der Waals surface area contributed by atoms with Crippen molar-refractivity contribution in [2.24, 2.45) is 0 Å². The molecule has 13 heavy (non-hydrogen) atoms. The van der Waals surface area contributed by atoms with Crippen LogP contribution in [0.4, 0.5) is 0 Å². The average molecular weight is 183 g/mol. The molecular weight excluding hydrogens is 158 g/mol. The molecule has 1 nitrogen and oxygen atoms in total. The van der Waals surface area contributed by atoms with Crippen molar-refractivity contribution in [2.45, 2.75) is 45.4 Å². The zero-order valence-corrected chi connectivity index (χ0v) is 9.39. The summed E-state index contributed by atoms with van der Waals surface area (Å²) in [5, 5.41) is 0. The Bertz CT molecular complexity index is 110. The van der Waals surface area contributed by atoms with Gasteiger partial charge in [0.05, 0.1) is 0 Å². The van der Waals surface area contributed by atoms with Crippen molar-refractivity contribution in [3.05, 3.63) is 12.7 Å². The first-order valence-electron chi connectivity index (χ1n) is 5.60. The van der Waals surface area contributed by atoms with Gasteiger partial charge in [0.25, 0.3) is 0 Å². The second-order valence-corrected chi connectivity index (χ2v) is 3.79. The number of allylic oxidation sites excluding steroid dienone is 1. The molecule has 0 aliphatic rings. The van der Waals surface area contributed by atoms with E-state index in [4.69, 9.17) is 0 Å². The Kier molecular flexibility index (Phi) is 9.56. The van der Waals surface area contributed by atoms with Crippen LogP contribution in [0.2, 0.25) is 0 Å². The van der Waals surface area contributed by atoms with E-state index in [1.54, 1.807) is 0 Å². The molecule has 0 aromatic carbocycles. The van der Waals surface area contributed by atoms with E-state index in [-0.39, 0.29) is 0 Å². The van der Waals surface area contributed by atoms with Gasteiger partial charge in [-0.2, -0.15) is 0 Å². The van der Waals surface area contributed by atoms with Crippen molar-refractivity contribution < 1.29 is 0 Å². The zero-order valence-electron chi connectivity index (χ0n) is 9.39. The van der Waals surface area contributed by atoms with Gasteiger partial charge in [0, 0.05) is 0 Å². The molecule has 0 saturated carbocycles. The topological polar surface area (TPSA) is 3.24 Å². The molecule has 0 aromatic heterocycles. The molecule has 0 N–H and O–H groups in total. The third-order valence-corrected chi connectivity index (χ3v) is 2.34. The predicted molar refractivity (Wildman–Crippen MR) is 61.1 cm³/mol. The summed E-state index contributed by atoms with van der Waals surface area (Å²) >= 11 is 0. The summed E-state index contributed by atoms with van der Waals surface area (Å²) in [6, 6.07) is 0. The lowest BCUT2D eigenvalue weighted by molar-refractivity contribution is 0.321. The maximum atomic E-state index is 3.73. The maximum absolute atomic E-state index is 3.73. The number of unbranched alkanes of at least 4 members (excludes halogenated alkanes) is 4. The minimum absolute atomic E-state index is 1.15. The standard InChI is InChI=1S/C12H25N/c1-4-6-8-10-12-13(3)11-9-7-5-2/h5H,2,4,6-12H2,1,3H3. The molecule has 0 saturated heterocycles. The molecule has 0 heterocycles. The van der Waals surface area contributed by atoms with Crippen LogP contribution < -0.4 is 0 Å². The molecule has 0 bridgehead atoms. The lowest BCUT2D eigenvalue weighted by Gasteiger charge is -2.15. The first-order valence-corrected chi connectivity index (χ1v) is 5.60. The Hall–Kier alpha value is -0.300. The van der Waals surface area contributed by atoms with Gasteiger partial charge in [-0.05, 0) is 39.4 Å². The fraction of sp³-hybridized carbons (Fsp3) is 0.833. The van der Waals surface area contributed by atoms with Gasteiger partial charge in [-0.1, -0.05) is 32.3 Å². The van der Waals surface area contributed by atoms with E-state index < -0.39 is 0 Å². The van der Waals surface area contributed by atoms with Gasteiger partial charge in [0.15, 0.2) is 0 Å². The summed E-state index contributed by atoms with van der Waals surface area (Å²) in [5.74, 6) is 0. The normalized spacial score (nSPS) is 10.7. The van der Waals surface area contributed by atoms with Gasteiger partial charge in [-0.3, -0.25) is 0 Å². The van der Waals surface area contributed by atoms with Crippen LogP contribution in [0.25, 0.3) is 0 Å². The Morgan fingerprint density at radius 2 is 1.77 bits per heavy atom. The smallest absolute Gasteiger partial charge is 0.00188 e. The molecule has 0 aliphatic heterocycles. The molecule has 0 unspecified atom stereocenters. The van der Waals surface area contributed by atoms with E-state index >= 15 is 0 Å². The quantitative estimate of drug-likeness (QED) is 0.391. The Balaban J connectivity index is 3.09. The van der Waals surface area contributed by atoms with Gasteiger partial charge in [-0.15, -0.1) is 6.58 Å². The van der Waals surface area contributed by atoms with Crippen LogP contribution in [0.3, 0.4) is 0 Å². The Morgan fingerprint density at radius 1 is 1.08 bits per heavy atom. The molecule has 0 atom stereocenters. The number of rotatable bonds is 9. The lowest BCUT2D eigenvalue weighted by atomic mass is 10.2. The Morgan fingerprint density at radius 3 is 2.38 bits per heavy atom. The minimum atomic E-state index is 1.15. The highest BCUT2D eigenvalue weighted by atomic mass is 15.1. The summed E-state index contributed by atoms with van der Waals surface area (Å²) < 4.78 is 0. The largest absolute Gasteiger partial charge is 0.306 e.